The van der Waals surface area contributed by atoms with Gasteiger partial charge in [-0.3, -0.25) is 0 Å². The molecule has 2 aromatic rings. The number of benzene rings is 2. The molecule has 0 spiro atoms. The summed E-state index contributed by atoms with van der Waals surface area (Å²) in [5, 5.41) is 3.45. The number of hydrogen-bond donors (Lipinski definition) is 1. The van der Waals surface area contributed by atoms with Gasteiger partial charge in [0.25, 0.3) is 0 Å². The fraction of sp³-hybridized carbons (Fsp3) is 0.400. The van der Waals surface area contributed by atoms with Crippen molar-refractivity contribution < 1.29 is 14.2 Å². The third-order valence-electron chi connectivity index (χ3n) is 3.49. The molecule has 2 rings (SSSR count). The Labute approximate surface area is 144 Å². The average molecular weight is 329 g/mol. The molecule has 2 aromatic carbocycles. The van der Waals surface area contributed by atoms with Crippen molar-refractivity contribution >= 4 is 0 Å². The summed E-state index contributed by atoms with van der Waals surface area (Å²) in [5.41, 5.74) is 2.39. The summed E-state index contributed by atoms with van der Waals surface area (Å²) in [4.78, 5) is 0. The fourth-order valence-electron chi connectivity index (χ4n) is 2.38. The Morgan fingerprint density at radius 3 is 2.21 bits per heavy atom. The molecular weight excluding hydrogens is 302 g/mol. The Bertz CT molecular complexity index is 623. The topological polar surface area (TPSA) is 39.7 Å². The van der Waals surface area contributed by atoms with E-state index in [4.69, 9.17) is 14.2 Å². The van der Waals surface area contributed by atoms with E-state index in [2.05, 4.69) is 23.5 Å². The molecule has 0 saturated carbocycles. The smallest absolute Gasteiger partial charge is 0.161 e. The van der Waals surface area contributed by atoms with Gasteiger partial charge in [0.2, 0.25) is 0 Å². The molecule has 4 nitrogen and oxygen atoms in total. The van der Waals surface area contributed by atoms with Gasteiger partial charge in [0.1, 0.15) is 5.75 Å². The molecule has 24 heavy (non-hydrogen) atoms. The standard InChI is InChI=1S/C20H27NO3/c1-5-23-20-12-17(8-11-19(20)24-15(2)3)14-21-13-16-6-9-18(22-4)10-7-16/h6-12,15,21H,5,13-14H2,1-4H3. The summed E-state index contributed by atoms with van der Waals surface area (Å²) < 4.78 is 16.7. The summed E-state index contributed by atoms with van der Waals surface area (Å²) in [6.45, 7) is 8.21. The van der Waals surface area contributed by atoms with Crippen LogP contribution in [0.15, 0.2) is 42.5 Å². The molecule has 0 aliphatic rings. The molecule has 0 bridgehead atoms. The first-order valence-electron chi connectivity index (χ1n) is 8.38. The van der Waals surface area contributed by atoms with Crippen LogP contribution in [-0.2, 0) is 13.1 Å². The summed E-state index contributed by atoms with van der Waals surface area (Å²) in [6, 6.07) is 14.2. The van der Waals surface area contributed by atoms with Crippen molar-refractivity contribution in [1.29, 1.82) is 0 Å². The Morgan fingerprint density at radius 1 is 0.917 bits per heavy atom. The highest BCUT2D eigenvalue weighted by atomic mass is 16.5. The van der Waals surface area contributed by atoms with Crippen LogP contribution in [0.4, 0.5) is 0 Å². The van der Waals surface area contributed by atoms with Gasteiger partial charge in [-0.15, -0.1) is 0 Å². The molecule has 0 saturated heterocycles. The van der Waals surface area contributed by atoms with Gasteiger partial charge in [-0.25, -0.2) is 0 Å². The summed E-state index contributed by atoms with van der Waals surface area (Å²) >= 11 is 0. The molecule has 0 aromatic heterocycles. The van der Waals surface area contributed by atoms with E-state index < -0.39 is 0 Å². The van der Waals surface area contributed by atoms with Crippen LogP contribution in [0.2, 0.25) is 0 Å². The molecule has 1 N–H and O–H groups in total. The Balaban J connectivity index is 1.94. The summed E-state index contributed by atoms with van der Waals surface area (Å²) in [5.74, 6) is 2.47. The monoisotopic (exact) mass is 329 g/mol. The summed E-state index contributed by atoms with van der Waals surface area (Å²) in [7, 11) is 1.68. The van der Waals surface area contributed by atoms with Gasteiger partial charge in [0.15, 0.2) is 11.5 Å². The highest BCUT2D eigenvalue weighted by Gasteiger charge is 2.08. The predicted octanol–water partition coefficient (Wildman–Crippen LogP) is 4.17. The van der Waals surface area contributed by atoms with E-state index >= 15 is 0 Å². The van der Waals surface area contributed by atoms with Crippen molar-refractivity contribution in [3.05, 3.63) is 53.6 Å². The minimum atomic E-state index is 0.128. The number of methoxy groups -OCH3 is 1. The summed E-state index contributed by atoms with van der Waals surface area (Å²) in [6.07, 6.45) is 0.128. The highest BCUT2D eigenvalue weighted by molar-refractivity contribution is 5.43. The second kappa shape index (κ2) is 9.18. The third kappa shape index (κ3) is 5.46. The van der Waals surface area contributed by atoms with Crippen molar-refractivity contribution in [2.75, 3.05) is 13.7 Å². The van der Waals surface area contributed by atoms with Crippen LogP contribution in [-0.4, -0.2) is 19.8 Å². The van der Waals surface area contributed by atoms with Crippen LogP contribution in [0.5, 0.6) is 17.2 Å². The van der Waals surface area contributed by atoms with Crippen molar-refractivity contribution in [1.82, 2.24) is 5.32 Å². The van der Waals surface area contributed by atoms with Crippen molar-refractivity contribution in [2.24, 2.45) is 0 Å². The van der Waals surface area contributed by atoms with Crippen LogP contribution >= 0.6 is 0 Å². The Hall–Kier alpha value is -2.20. The van der Waals surface area contributed by atoms with E-state index in [-0.39, 0.29) is 6.10 Å². The molecule has 0 aliphatic heterocycles. The van der Waals surface area contributed by atoms with E-state index in [1.165, 1.54) is 11.1 Å². The van der Waals surface area contributed by atoms with Crippen LogP contribution in [0.1, 0.15) is 31.9 Å². The van der Waals surface area contributed by atoms with E-state index in [0.29, 0.717) is 6.61 Å². The van der Waals surface area contributed by atoms with Crippen molar-refractivity contribution in [3.63, 3.8) is 0 Å². The molecule has 0 aliphatic carbocycles. The number of ether oxygens (including phenoxy) is 3. The van der Waals surface area contributed by atoms with Gasteiger partial charge in [0.05, 0.1) is 19.8 Å². The molecule has 0 unspecified atom stereocenters. The Morgan fingerprint density at radius 2 is 1.58 bits per heavy atom. The Kier molecular flexibility index (Phi) is 6.94. The SMILES string of the molecule is CCOc1cc(CNCc2ccc(OC)cc2)ccc1OC(C)C. The molecule has 0 heterocycles. The van der Waals surface area contributed by atoms with E-state index in [0.717, 1.165) is 30.3 Å². The average Bonchev–Trinajstić information content (AvgIpc) is 2.57. The molecule has 0 fully saturated rings. The second-order valence-electron chi connectivity index (χ2n) is 5.83. The number of rotatable bonds is 9. The maximum atomic E-state index is 5.79. The van der Waals surface area contributed by atoms with Crippen LogP contribution in [0, 0.1) is 0 Å². The van der Waals surface area contributed by atoms with Crippen molar-refractivity contribution in [3.8, 4) is 17.2 Å². The largest absolute Gasteiger partial charge is 0.497 e. The van der Waals surface area contributed by atoms with E-state index in [9.17, 15) is 0 Å². The highest BCUT2D eigenvalue weighted by Crippen LogP contribution is 2.29. The molecule has 0 atom stereocenters. The minimum absolute atomic E-state index is 0.128. The third-order valence-corrected chi connectivity index (χ3v) is 3.49. The van der Waals surface area contributed by atoms with Gasteiger partial charge in [-0.05, 0) is 56.2 Å². The van der Waals surface area contributed by atoms with E-state index in [1.807, 2.05) is 45.0 Å². The molecule has 4 heteroatoms. The quantitative estimate of drug-likeness (QED) is 0.749. The van der Waals surface area contributed by atoms with Gasteiger partial charge in [0, 0.05) is 13.1 Å². The number of hydrogen-bond acceptors (Lipinski definition) is 4. The lowest BCUT2D eigenvalue weighted by Crippen LogP contribution is -2.13. The zero-order chi connectivity index (χ0) is 17.4. The number of nitrogens with one attached hydrogen (secondary N) is 1. The first-order valence-corrected chi connectivity index (χ1v) is 8.38. The fourth-order valence-corrected chi connectivity index (χ4v) is 2.38. The second-order valence-corrected chi connectivity index (χ2v) is 5.83. The lowest BCUT2D eigenvalue weighted by molar-refractivity contribution is 0.223. The van der Waals surface area contributed by atoms with Gasteiger partial charge in [-0.1, -0.05) is 18.2 Å². The van der Waals surface area contributed by atoms with E-state index in [1.54, 1.807) is 7.11 Å². The molecule has 0 radical (unpaired) electrons. The van der Waals surface area contributed by atoms with Crippen molar-refractivity contribution in [2.45, 2.75) is 40.0 Å². The van der Waals surface area contributed by atoms with Gasteiger partial charge in [-0.2, -0.15) is 0 Å². The van der Waals surface area contributed by atoms with Crippen LogP contribution in [0.25, 0.3) is 0 Å². The molecular formula is C20H27NO3. The zero-order valence-corrected chi connectivity index (χ0v) is 15.0. The maximum absolute atomic E-state index is 5.79. The molecule has 130 valence electrons. The van der Waals surface area contributed by atoms with Crippen LogP contribution in [0.3, 0.4) is 0 Å². The normalized spacial score (nSPS) is 10.7. The zero-order valence-electron chi connectivity index (χ0n) is 15.0. The lowest BCUT2D eigenvalue weighted by atomic mass is 10.1. The van der Waals surface area contributed by atoms with Crippen LogP contribution < -0.4 is 19.5 Å². The first kappa shape index (κ1) is 18.1. The predicted molar refractivity (Wildman–Crippen MR) is 96.9 cm³/mol. The molecule has 0 amide bonds. The van der Waals surface area contributed by atoms with Gasteiger partial charge >= 0.3 is 0 Å². The minimum Gasteiger partial charge on any atom is -0.497 e. The maximum Gasteiger partial charge on any atom is 0.161 e. The first-order chi connectivity index (χ1) is 11.6. The lowest BCUT2D eigenvalue weighted by Gasteiger charge is -2.15. The van der Waals surface area contributed by atoms with Gasteiger partial charge < -0.3 is 19.5 Å².